The Hall–Kier alpha value is -2.68. The summed E-state index contributed by atoms with van der Waals surface area (Å²) < 4.78 is 0. The van der Waals surface area contributed by atoms with Crippen molar-refractivity contribution in [1.82, 2.24) is 10.2 Å². The van der Waals surface area contributed by atoms with Gasteiger partial charge in [0.2, 0.25) is 0 Å². The molecule has 1 heterocycles. The average Bonchev–Trinajstić information content (AvgIpc) is 2.38. The Bertz CT molecular complexity index is 692. The van der Waals surface area contributed by atoms with E-state index in [0.29, 0.717) is 4.90 Å². The fourth-order valence-corrected chi connectivity index (χ4v) is 2.49. The Morgan fingerprint density at radius 2 is 2.15 bits per heavy atom. The highest BCUT2D eigenvalue weighted by atomic mass is 32.2. The molecule has 0 saturated carbocycles. The zero-order valence-electron chi connectivity index (χ0n) is 9.98. The quantitative estimate of drug-likeness (QED) is 0.336. The molecular weight excluding hydrogens is 282 g/mol. The molecule has 0 spiro atoms. The Morgan fingerprint density at radius 1 is 1.45 bits per heavy atom. The van der Waals surface area contributed by atoms with Gasteiger partial charge in [-0.3, -0.25) is 15.5 Å². The number of para-hydroxylation sites is 1. The molecule has 2 aromatic rings. The highest BCUT2D eigenvalue weighted by molar-refractivity contribution is 7.99. The molecule has 0 aliphatic heterocycles. The number of nitrogens with zero attached hydrogens (tertiary/aromatic N) is 3. The van der Waals surface area contributed by atoms with Gasteiger partial charge in [0.05, 0.1) is 21.6 Å². The maximum absolute atomic E-state index is 10.9. The third-order valence-electron chi connectivity index (χ3n) is 2.34. The monoisotopic (exact) mass is 291 g/mol. The molecule has 1 aromatic heterocycles. The molecule has 0 unspecified atom stereocenters. The van der Waals surface area contributed by atoms with Crippen molar-refractivity contribution in [3.8, 4) is 5.75 Å². The minimum Gasteiger partial charge on any atom is -0.505 e. The minimum absolute atomic E-state index is 0.00292. The van der Waals surface area contributed by atoms with E-state index >= 15 is 0 Å². The molecule has 0 fully saturated rings. The molecule has 0 amide bonds. The van der Waals surface area contributed by atoms with E-state index in [1.54, 1.807) is 18.2 Å². The molecule has 0 saturated heterocycles. The van der Waals surface area contributed by atoms with Crippen molar-refractivity contribution >= 4 is 23.3 Å². The maximum atomic E-state index is 10.9. The van der Waals surface area contributed by atoms with Crippen LogP contribution in [0, 0.1) is 15.5 Å². The van der Waals surface area contributed by atoms with Crippen LogP contribution in [0.5, 0.6) is 5.75 Å². The van der Waals surface area contributed by atoms with E-state index < -0.39 is 10.8 Å². The molecule has 1 aromatic carbocycles. The molecule has 0 radical (unpaired) electrons. The first-order valence-electron chi connectivity index (χ1n) is 5.31. The van der Waals surface area contributed by atoms with Crippen LogP contribution in [0.4, 0.5) is 5.69 Å². The number of aromatic nitrogens is 2. The number of nitrogen functional groups attached to an aromatic ring is 1. The summed E-state index contributed by atoms with van der Waals surface area (Å²) in [5.74, 6) is -0.688. The van der Waals surface area contributed by atoms with Gasteiger partial charge in [0.25, 0.3) is 5.69 Å². The third kappa shape index (κ3) is 2.67. The first-order valence-corrected chi connectivity index (χ1v) is 6.12. The van der Waals surface area contributed by atoms with E-state index in [1.807, 2.05) is 0 Å². The van der Waals surface area contributed by atoms with Gasteiger partial charge in [0.15, 0.2) is 0 Å². The lowest BCUT2D eigenvalue weighted by Gasteiger charge is -2.07. The second kappa shape index (κ2) is 5.53. The number of rotatable bonds is 4. The number of amidine groups is 1. The summed E-state index contributed by atoms with van der Waals surface area (Å²) in [6.07, 6.45) is 1.06. The van der Waals surface area contributed by atoms with Crippen molar-refractivity contribution in [1.29, 1.82) is 5.41 Å². The van der Waals surface area contributed by atoms with Gasteiger partial charge in [-0.15, -0.1) is 5.10 Å². The van der Waals surface area contributed by atoms with Crippen LogP contribution in [0.3, 0.4) is 0 Å². The lowest BCUT2D eigenvalue weighted by molar-refractivity contribution is -0.387. The molecular formula is C11H9N5O3S. The van der Waals surface area contributed by atoms with Crippen molar-refractivity contribution in [2.45, 2.75) is 9.92 Å². The number of nitrogens with two attached hydrogens (primary N) is 1. The van der Waals surface area contributed by atoms with Gasteiger partial charge >= 0.3 is 0 Å². The van der Waals surface area contributed by atoms with Gasteiger partial charge in [-0.2, -0.15) is 5.10 Å². The second-order valence-electron chi connectivity index (χ2n) is 3.65. The smallest absolute Gasteiger partial charge is 0.283 e. The van der Waals surface area contributed by atoms with Gasteiger partial charge in [-0.05, 0) is 6.07 Å². The number of benzene rings is 1. The van der Waals surface area contributed by atoms with E-state index in [-0.39, 0.29) is 22.0 Å². The van der Waals surface area contributed by atoms with Gasteiger partial charge in [-0.25, -0.2) is 0 Å². The van der Waals surface area contributed by atoms with E-state index in [2.05, 4.69) is 10.2 Å². The normalized spacial score (nSPS) is 10.2. The molecule has 102 valence electrons. The highest BCUT2D eigenvalue weighted by Gasteiger charge is 2.19. The minimum atomic E-state index is -0.522. The SMILES string of the molecule is N=C(N)c1c(O)cnnc1Sc1ccccc1[N+](=O)[O-]. The van der Waals surface area contributed by atoms with Gasteiger partial charge in [0.1, 0.15) is 16.6 Å². The number of nitrogens with one attached hydrogen (secondary N) is 1. The first kappa shape index (κ1) is 13.7. The van der Waals surface area contributed by atoms with Gasteiger partial charge in [0, 0.05) is 6.07 Å². The molecule has 8 nitrogen and oxygen atoms in total. The van der Waals surface area contributed by atoms with Crippen LogP contribution in [0.2, 0.25) is 0 Å². The van der Waals surface area contributed by atoms with E-state index in [0.717, 1.165) is 18.0 Å². The van der Waals surface area contributed by atoms with Gasteiger partial charge in [-0.1, -0.05) is 23.9 Å². The molecule has 9 heteroatoms. The van der Waals surface area contributed by atoms with E-state index in [1.165, 1.54) is 6.07 Å². The summed E-state index contributed by atoms with van der Waals surface area (Å²) in [7, 11) is 0. The molecule has 20 heavy (non-hydrogen) atoms. The van der Waals surface area contributed by atoms with Crippen molar-refractivity contribution in [3.05, 3.63) is 46.1 Å². The largest absolute Gasteiger partial charge is 0.505 e. The molecule has 0 aliphatic rings. The van der Waals surface area contributed by atoms with E-state index in [4.69, 9.17) is 11.1 Å². The van der Waals surface area contributed by atoms with Crippen LogP contribution in [0.25, 0.3) is 0 Å². The lowest BCUT2D eigenvalue weighted by Crippen LogP contribution is -2.14. The summed E-state index contributed by atoms with van der Waals surface area (Å²) in [4.78, 5) is 10.7. The summed E-state index contributed by atoms with van der Waals surface area (Å²) in [5.41, 5.74) is 5.28. The van der Waals surface area contributed by atoms with Crippen molar-refractivity contribution in [2.24, 2.45) is 5.73 Å². The van der Waals surface area contributed by atoms with E-state index in [9.17, 15) is 15.2 Å². The Labute approximate surface area is 117 Å². The zero-order valence-corrected chi connectivity index (χ0v) is 10.8. The van der Waals surface area contributed by atoms with Crippen molar-refractivity contribution in [3.63, 3.8) is 0 Å². The predicted molar refractivity (Wildman–Crippen MR) is 71.9 cm³/mol. The molecule has 4 N–H and O–H groups in total. The Morgan fingerprint density at radius 3 is 2.80 bits per heavy atom. The molecule has 0 aliphatic carbocycles. The lowest BCUT2D eigenvalue weighted by atomic mass is 10.3. The van der Waals surface area contributed by atoms with Gasteiger partial charge < -0.3 is 10.8 Å². The number of hydrogen-bond donors (Lipinski definition) is 3. The standard InChI is InChI=1S/C11H9N5O3S/c12-10(13)9-7(17)5-14-15-11(9)20-8-4-2-1-3-6(8)16(18)19/h1-5H,(H3,12,13)(H,15,17). The number of aromatic hydroxyl groups is 1. The molecule has 0 atom stereocenters. The van der Waals surface area contributed by atoms with Crippen molar-refractivity contribution < 1.29 is 10.0 Å². The summed E-state index contributed by atoms with van der Waals surface area (Å²) in [5, 5.41) is 35.5. The van der Waals surface area contributed by atoms with Crippen LogP contribution in [-0.2, 0) is 0 Å². The number of hydrogen-bond acceptors (Lipinski definition) is 7. The van der Waals surface area contributed by atoms with Crippen LogP contribution < -0.4 is 5.73 Å². The van der Waals surface area contributed by atoms with Crippen LogP contribution >= 0.6 is 11.8 Å². The fourth-order valence-electron chi connectivity index (χ4n) is 1.48. The highest BCUT2D eigenvalue weighted by Crippen LogP contribution is 2.36. The first-order chi connectivity index (χ1) is 9.50. The summed E-state index contributed by atoms with van der Waals surface area (Å²) >= 11 is 0.916. The van der Waals surface area contributed by atoms with Crippen molar-refractivity contribution in [2.75, 3.05) is 0 Å². The topological polar surface area (TPSA) is 139 Å². The molecule has 0 bridgehead atoms. The predicted octanol–water partition coefficient (Wildman–Crippen LogP) is 1.53. The Kier molecular flexibility index (Phi) is 3.80. The second-order valence-corrected chi connectivity index (χ2v) is 4.68. The third-order valence-corrected chi connectivity index (χ3v) is 3.38. The number of nitro benzene ring substituents is 1. The molecule has 2 rings (SSSR count). The average molecular weight is 291 g/mol. The number of nitro groups is 1. The summed E-state index contributed by atoms with van der Waals surface area (Å²) in [6.45, 7) is 0. The van der Waals surface area contributed by atoms with Crippen LogP contribution in [0.15, 0.2) is 40.4 Å². The maximum Gasteiger partial charge on any atom is 0.283 e. The van der Waals surface area contributed by atoms with Crippen LogP contribution in [-0.4, -0.2) is 26.1 Å². The van der Waals surface area contributed by atoms with Crippen LogP contribution in [0.1, 0.15) is 5.56 Å². The summed E-state index contributed by atoms with van der Waals surface area (Å²) in [6, 6.07) is 6.08. The fraction of sp³-hybridized carbons (Fsp3) is 0. The Balaban J connectivity index is 2.49. The zero-order chi connectivity index (χ0) is 14.7.